The van der Waals surface area contributed by atoms with E-state index in [9.17, 15) is 4.79 Å². The second-order valence-corrected chi connectivity index (χ2v) is 5.30. The standard InChI is InChI=1S/C15H11Cl2NO/c16-12-7-3-6-11(14(12)17)15-10-5-2-1-4-9(10)8-13(19)18-15/h1-7,15H,8H2,(H,18,19). The lowest BCUT2D eigenvalue weighted by molar-refractivity contribution is -0.121. The van der Waals surface area contributed by atoms with E-state index in [1.54, 1.807) is 6.07 Å². The molecule has 0 fully saturated rings. The normalized spacial score (nSPS) is 17.8. The monoisotopic (exact) mass is 291 g/mol. The molecule has 0 bridgehead atoms. The molecule has 96 valence electrons. The van der Waals surface area contributed by atoms with Gasteiger partial charge in [0.15, 0.2) is 0 Å². The number of halogens is 2. The van der Waals surface area contributed by atoms with Crippen LogP contribution in [0.15, 0.2) is 42.5 Å². The summed E-state index contributed by atoms with van der Waals surface area (Å²) < 4.78 is 0. The highest BCUT2D eigenvalue weighted by Crippen LogP contribution is 2.35. The molecule has 1 amide bonds. The quantitative estimate of drug-likeness (QED) is 0.852. The number of fused-ring (bicyclic) bond motifs is 1. The van der Waals surface area contributed by atoms with E-state index in [0.717, 1.165) is 16.7 Å². The van der Waals surface area contributed by atoms with E-state index in [1.807, 2.05) is 36.4 Å². The van der Waals surface area contributed by atoms with Crippen LogP contribution < -0.4 is 5.32 Å². The minimum Gasteiger partial charge on any atom is -0.345 e. The number of hydrogen-bond acceptors (Lipinski definition) is 1. The highest BCUT2D eigenvalue weighted by Gasteiger charge is 2.27. The van der Waals surface area contributed by atoms with E-state index < -0.39 is 0 Å². The van der Waals surface area contributed by atoms with Gasteiger partial charge in [-0.05, 0) is 22.8 Å². The lowest BCUT2D eigenvalue weighted by Crippen LogP contribution is -2.35. The van der Waals surface area contributed by atoms with Gasteiger partial charge in [-0.25, -0.2) is 0 Å². The second-order valence-electron chi connectivity index (χ2n) is 4.52. The van der Waals surface area contributed by atoms with Crippen molar-refractivity contribution in [3.8, 4) is 0 Å². The maximum Gasteiger partial charge on any atom is 0.225 e. The van der Waals surface area contributed by atoms with Crippen LogP contribution in [-0.2, 0) is 11.2 Å². The number of hydrogen-bond donors (Lipinski definition) is 1. The Bertz CT molecular complexity index is 654. The molecule has 0 spiro atoms. The molecule has 2 aromatic rings. The lowest BCUT2D eigenvalue weighted by Gasteiger charge is -2.27. The molecule has 2 nitrogen and oxygen atoms in total. The highest BCUT2D eigenvalue weighted by atomic mass is 35.5. The number of nitrogens with one attached hydrogen (secondary N) is 1. The molecule has 0 radical (unpaired) electrons. The molecule has 0 aliphatic carbocycles. The van der Waals surface area contributed by atoms with E-state index in [4.69, 9.17) is 23.2 Å². The molecular formula is C15H11Cl2NO. The predicted molar refractivity (Wildman–Crippen MR) is 76.6 cm³/mol. The molecule has 2 aromatic carbocycles. The maximum absolute atomic E-state index is 11.8. The van der Waals surface area contributed by atoms with Crippen molar-refractivity contribution in [1.82, 2.24) is 5.32 Å². The molecule has 1 aliphatic rings. The van der Waals surface area contributed by atoms with Crippen LogP contribution in [0.5, 0.6) is 0 Å². The smallest absolute Gasteiger partial charge is 0.225 e. The van der Waals surface area contributed by atoms with Gasteiger partial charge < -0.3 is 5.32 Å². The molecule has 19 heavy (non-hydrogen) atoms. The first-order valence-electron chi connectivity index (χ1n) is 5.98. The minimum absolute atomic E-state index is 0.000239. The van der Waals surface area contributed by atoms with Crippen LogP contribution in [0, 0.1) is 0 Å². The Morgan fingerprint density at radius 3 is 2.58 bits per heavy atom. The zero-order valence-electron chi connectivity index (χ0n) is 9.99. The van der Waals surface area contributed by atoms with Crippen LogP contribution in [0.1, 0.15) is 22.7 Å². The minimum atomic E-state index is -0.233. The van der Waals surface area contributed by atoms with E-state index in [1.165, 1.54) is 0 Å². The number of amides is 1. The van der Waals surface area contributed by atoms with Gasteiger partial charge in [-0.15, -0.1) is 0 Å². The molecule has 1 atom stereocenters. The zero-order chi connectivity index (χ0) is 13.4. The SMILES string of the molecule is O=C1Cc2ccccc2C(c2cccc(Cl)c2Cl)N1. The lowest BCUT2D eigenvalue weighted by atomic mass is 9.89. The predicted octanol–water partition coefficient (Wildman–Crippen LogP) is 3.76. The van der Waals surface area contributed by atoms with Crippen LogP contribution >= 0.6 is 23.2 Å². The first kappa shape index (κ1) is 12.5. The largest absolute Gasteiger partial charge is 0.345 e. The Labute approximate surface area is 121 Å². The van der Waals surface area contributed by atoms with Crippen molar-refractivity contribution in [1.29, 1.82) is 0 Å². The van der Waals surface area contributed by atoms with Crippen LogP contribution in [0.3, 0.4) is 0 Å². The molecule has 1 heterocycles. The van der Waals surface area contributed by atoms with Crippen LogP contribution in [0.25, 0.3) is 0 Å². The van der Waals surface area contributed by atoms with Crippen LogP contribution in [0.4, 0.5) is 0 Å². The zero-order valence-corrected chi connectivity index (χ0v) is 11.5. The fraction of sp³-hybridized carbons (Fsp3) is 0.133. The molecule has 1 aliphatic heterocycles. The van der Waals surface area contributed by atoms with Gasteiger partial charge in [-0.3, -0.25) is 4.79 Å². The molecule has 0 saturated heterocycles. The third kappa shape index (κ3) is 2.22. The van der Waals surface area contributed by atoms with Gasteiger partial charge >= 0.3 is 0 Å². The summed E-state index contributed by atoms with van der Waals surface area (Å²) in [6, 6.07) is 13.1. The summed E-state index contributed by atoms with van der Waals surface area (Å²) in [7, 11) is 0. The highest BCUT2D eigenvalue weighted by molar-refractivity contribution is 6.42. The van der Waals surface area contributed by atoms with Gasteiger partial charge in [0.2, 0.25) is 5.91 Å². The van der Waals surface area contributed by atoms with Gasteiger partial charge in [0.1, 0.15) is 0 Å². The van der Waals surface area contributed by atoms with E-state index >= 15 is 0 Å². The number of carbonyl (C=O) groups excluding carboxylic acids is 1. The van der Waals surface area contributed by atoms with Gasteiger partial charge in [-0.2, -0.15) is 0 Å². The average molecular weight is 292 g/mol. The Morgan fingerprint density at radius 2 is 1.74 bits per heavy atom. The number of rotatable bonds is 1. The molecule has 1 unspecified atom stereocenters. The van der Waals surface area contributed by atoms with Crippen molar-refractivity contribution in [2.75, 3.05) is 0 Å². The van der Waals surface area contributed by atoms with Crippen LogP contribution in [-0.4, -0.2) is 5.91 Å². The van der Waals surface area contributed by atoms with Gasteiger partial charge in [0, 0.05) is 0 Å². The Kier molecular flexibility index (Phi) is 3.21. The summed E-state index contributed by atoms with van der Waals surface area (Å²) in [4.78, 5) is 11.8. The third-order valence-corrected chi connectivity index (χ3v) is 4.15. The topological polar surface area (TPSA) is 29.1 Å². The summed E-state index contributed by atoms with van der Waals surface area (Å²) in [5.74, 6) is -0.000239. The molecule has 0 aromatic heterocycles. The molecule has 4 heteroatoms. The number of benzene rings is 2. The summed E-state index contributed by atoms with van der Waals surface area (Å²) in [6.07, 6.45) is 0.408. The number of carbonyl (C=O) groups is 1. The second kappa shape index (κ2) is 4.87. The summed E-state index contributed by atoms with van der Waals surface area (Å²) >= 11 is 12.3. The van der Waals surface area contributed by atoms with Crippen molar-refractivity contribution in [3.63, 3.8) is 0 Å². The fourth-order valence-corrected chi connectivity index (χ4v) is 2.85. The Morgan fingerprint density at radius 1 is 1.00 bits per heavy atom. The Balaban J connectivity index is 2.15. The summed E-state index contributed by atoms with van der Waals surface area (Å²) in [5, 5.41) is 3.96. The first-order valence-corrected chi connectivity index (χ1v) is 6.73. The third-order valence-electron chi connectivity index (χ3n) is 3.31. The average Bonchev–Trinajstić information content (AvgIpc) is 2.41. The van der Waals surface area contributed by atoms with E-state index in [-0.39, 0.29) is 11.9 Å². The van der Waals surface area contributed by atoms with Crippen molar-refractivity contribution in [2.24, 2.45) is 0 Å². The molecule has 3 rings (SSSR count). The molecular weight excluding hydrogens is 281 g/mol. The van der Waals surface area contributed by atoms with E-state index in [0.29, 0.717) is 16.5 Å². The van der Waals surface area contributed by atoms with E-state index in [2.05, 4.69) is 5.32 Å². The van der Waals surface area contributed by atoms with Crippen molar-refractivity contribution < 1.29 is 4.79 Å². The fourth-order valence-electron chi connectivity index (χ4n) is 2.43. The van der Waals surface area contributed by atoms with Crippen molar-refractivity contribution in [3.05, 3.63) is 69.2 Å². The molecule has 0 saturated carbocycles. The molecule has 1 N–H and O–H groups in total. The van der Waals surface area contributed by atoms with Crippen LogP contribution in [0.2, 0.25) is 10.0 Å². The maximum atomic E-state index is 11.8. The van der Waals surface area contributed by atoms with Gasteiger partial charge in [0.25, 0.3) is 0 Å². The van der Waals surface area contributed by atoms with Crippen molar-refractivity contribution >= 4 is 29.1 Å². The summed E-state index contributed by atoms with van der Waals surface area (Å²) in [6.45, 7) is 0. The summed E-state index contributed by atoms with van der Waals surface area (Å²) in [5.41, 5.74) is 2.94. The van der Waals surface area contributed by atoms with Crippen molar-refractivity contribution in [2.45, 2.75) is 12.5 Å². The van der Waals surface area contributed by atoms with Gasteiger partial charge in [0.05, 0.1) is 22.5 Å². The first-order chi connectivity index (χ1) is 9.16. The van der Waals surface area contributed by atoms with Gasteiger partial charge in [-0.1, -0.05) is 59.6 Å². The Hall–Kier alpha value is -1.51.